The van der Waals surface area contributed by atoms with Gasteiger partial charge in [0.25, 0.3) is 0 Å². The van der Waals surface area contributed by atoms with Gasteiger partial charge in [-0.1, -0.05) is 46.5 Å². The molecule has 5 heteroatoms. The molecule has 1 aromatic carbocycles. The molecule has 0 saturated heterocycles. The summed E-state index contributed by atoms with van der Waals surface area (Å²) in [5, 5.41) is 0. The van der Waals surface area contributed by atoms with Crippen molar-refractivity contribution >= 4 is 5.97 Å². The zero-order chi connectivity index (χ0) is 19.5. The fourth-order valence-electron chi connectivity index (χ4n) is 2.46. The number of carbonyl (C=O) groups is 1. The van der Waals surface area contributed by atoms with Crippen LogP contribution in [0.15, 0.2) is 36.7 Å². The first-order valence-electron chi connectivity index (χ1n) is 9.88. The van der Waals surface area contributed by atoms with Gasteiger partial charge in [0.15, 0.2) is 0 Å². The average Bonchev–Trinajstić information content (AvgIpc) is 2.70. The van der Waals surface area contributed by atoms with Crippen molar-refractivity contribution in [3.8, 4) is 22.9 Å². The van der Waals surface area contributed by atoms with Crippen LogP contribution in [0.2, 0.25) is 0 Å². The van der Waals surface area contributed by atoms with E-state index >= 15 is 0 Å². The highest BCUT2D eigenvalue weighted by atomic mass is 16.5. The number of aromatic nitrogens is 2. The Morgan fingerprint density at radius 1 is 1.04 bits per heavy atom. The molecule has 0 fully saturated rings. The van der Waals surface area contributed by atoms with Crippen molar-refractivity contribution in [2.75, 3.05) is 6.61 Å². The molecule has 0 radical (unpaired) electrons. The number of hydrogen-bond donors (Lipinski definition) is 0. The van der Waals surface area contributed by atoms with Gasteiger partial charge in [-0.05, 0) is 36.6 Å². The number of unbranched alkanes of at least 4 members (excludes halogenated alkanes) is 3. The van der Waals surface area contributed by atoms with E-state index in [0.717, 1.165) is 49.1 Å². The summed E-state index contributed by atoms with van der Waals surface area (Å²) in [6.45, 7) is 7.18. The van der Waals surface area contributed by atoms with Crippen LogP contribution in [0.5, 0.6) is 11.6 Å². The first-order valence-corrected chi connectivity index (χ1v) is 9.88. The van der Waals surface area contributed by atoms with Crippen molar-refractivity contribution in [1.82, 2.24) is 9.97 Å². The van der Waals surface area contributed by atoms with Crippen LogP contribution < -0.4 is 9.47 Å². The minimum Gasteiger partial charge on any atom is -0.493 e. The van der Waals surface area contributed by atoms with Gasteiger partial charge in [-0.25, -0.2) is 9.97 Å². The monoisotopic (exact) mass is 370 g/mol. The summed E-state index contributed by atoms with van der Waals surface area (Å²) in [7, 11) is 0. The van der Waals surface area contributed by atoms with E-state index in [9.17, 15) is 4.79 Å². The number of benzene rings is 1. The smallest absolute Gasteiger partial charge is 0.312 e. The minimum atomic E-state index is -0.254. The maximum absolute atomic E-state index is 11.8. The lowest BCUT2D eigenvalue weighted by Gasteiger charge is -2.11. The second kappa shape index (κ2) is 11.3. The number of rotatable bonds is 11. The first-order chi connectivity index (χ1) is 13.1. The van der Waals surface area contributed by atoms with Gasteiger partial charge in [0.05, 0.1) is 24.7 Å². The summed E-state index contributed by atoms with van der Waals surface area (Å²) < 4.78 is 11.0. The third kappa shape index (κ3) is 7.37. The van der Waals surface area contributed by atoms with Crippen molar-refractivity contribution in [3.63, 3.8) is 0 Å². The number of carbonyl (C=O) groups excluding carboxylic acids is 1. The summed E-state index contributed by atoms with van der Waals surface area (Å²) in [4.78, 5) is 20.3. The van der Waals surface area contributed by atoms with Crippen molar-refractivity contribution in [2.24, 2.45) is 5.92 Å². The lowest BCUT2D eigenvalue weighted by molar-refractivity contribution is -0.134. The molecule has 0 N–H and O–H groups in total. The largest absolute Gasteiger partial charge is 0.493 e. The molecule has 2 aromatic rings. The van der Waals surface area contributed by atoms with E-state index in [4.69, 9.17) is 9.47 Å². The summed E-state index contributed by atoms with van der Waals surface area (Å²) in [6, 6.07) is 7.78. The van der Waals surface area contributed by atoms with Crippen LogP contribution in [0.1, 0.15) is 59.3 Å². The molecule has 0 aliphatic heterocycles. The Kier molecular flexibility index (Phi) is 8.75. The summed E-state index contributed by atoms with van der Waals surface area (Å²) in [5.74, 6) is 1.38. The Balaban J connectivity index is 1.86. The highest BCUT2D eigenvalue weighted by molar-refractivity contribution is 5.71. The van der Waals surface area contributed by atoms with Crippen LogP contribution >= 0.6 is 0 Å². The van der Waals surface area contributed by atoms with Crippen LogP contribution in [0.25, 0.3) is 11.3 Å². The normalized spacial score (nSPS) is 11.8. The summed E-state index contributed by atoms with van der Waals surface area (Å²) in [6.07, 6.45) is 8.82. The Hall–Kier alpha value is -2.43. The van der Waals surface area contributed by atoms with E-state index in [-0.39, 0.29) is 11.8 Å². The van der Waals surface area contributed by atoms with Crippen molar-refractivity contribution in [2.45, 2.75) is 59.3 Å². The second-order valence-corrected chi connectivity index (χ2v) is 6.87. The molecule has 1 atom stereocenters. The van der Waals surface area contributed by atoms with E-state index in [1.165, 1.54) is 6.20 Å². The summed E-state index contributed by atoms with van der Waals surface area (Å²) in [5.41, 5.74) is 1.67. The van der Waals surface area contributed by atoms with Gasteiger partial charge in [-0.15, -0.1) is 0 Å². The molecular weight excluding hydrogens is 340 g/mol. The van der Waals surface area contributed by atoms with Crippen LogP contribution in [0.3, 0.4) is 0 Å². The number of hydrogen-bond acceptors (Lipinski definition) is 5. The van der Waals surface area contributed by atoms with Crippen LogP contribution in [0, 0.1) is 5.92 Å². The topological polar surface area (TPSA) is 61.3 Å². The van der Waals surface area contributed by atoms with Crippen LogP contribution in [-0.4, -0.2) is 22.5 Å². The maximum atomic E-state index is 11.8. The Morgan fingerprint density at radius 2 is 1.81 bits per heavy atom. The van der Waals surface area contributed by atoms with E-state index < -0.39 is 0 Å². The van der Waals surface area contributed by atoms with E-state index in [2.05, 4.69) is 30.7 Å². The van der Waals surface area contributed by atoms with Gasteiger partial charge in [0, 0.05) is 12.0 Å². The Morgan fingerprint density at radius 3 is 2.44 bits per heavy atom. The molecule has 1 unspecified atom stereocenters. The molecule has 0 aliphatic rings. The van der Waals surface area contributed by atoms with Crippen LogP contribution in [-0.2, 0) is 4.79 Å². The van der Waals surface area contributed by atoms with Crippen molar-refractivity contribution in [3.05, 3.63) is 36.7 Å². The zero-order valence-electron chi connectivity index (χ0n) is 16.6. The summed E-state index contributed by atoms with van der Waals surface area (Å²) >= 11 is 0. The van der Waals surface area contributed by atoms with E-state index in [1.54, 1.807) is 6.20 Å². The number of esters is 1. The van der Waals surface area contributed by atoms with E-state index in [0.29, 0.717) is 18.9 Å². The molecule has 0 aliphatic carbocycles. The highest BCUT2D eigenvalue weighted by Gasteiger charge is 2.08. The lowest BCUT2D eigenvalue weighted by Crippen LogP contribution is -2.09. The third-order valence-corrected chi connectivity index (χ3v) is 4.46. The molecule has 146 valence electrons. The molecule has 5 nitrogen and oxygen atoms in total. The standard InChI is InChI=1S/C22H30N2O3/c1-4-6-7-8-9-22(25)27-21-15-23-20(14-24-21)18-10-12-19(13-11-18)26-16-17(3)5-2/h10-15,17H,4-9,16H2,1-3H3. The van der Waals surface area contributed by atoms with Gasteiger partial charge >= 0.3 is 5.97 Å². The molecular formula is C22H30N2O3. The SMILES string of the molecule is CCCCCCC(=O)Oc1cnc(-c2ccc(OCC(C)CC)cc2)cn1. The average molecular weight is 370 g/mol. The predicted octanol–water partition coefficient (Wildman–Crippen LogP) is 5.44. The van der Waals surface area contributed by atoms with Gasteiger partial charge in [0.1, 0.15) is 5.75 Å². The molecule has 0 bridgehead atoms. The van der Waals surface area contributed by atoms with Gasteiger partial charge in [-0.3, -0.25) is 4.79 Å². The quantitative estimate of drug-likeness (QED) is 0.389. The molecule has 2 rings (SSSR count). The Labute approximate surface area is 162 Å². The van der Waals surface area contributed by atoms with Crippen molar-refractivity contribution < 1.29 is 14.3 Å². The highest BCUT2D eigenvalue weighted by Crippen LogP contribution is 2.21. The lowest BCUT2D eigenvalue weighted by atomic mass is 10.1. The molecule has 27 heavy (non-hydrogen) atoms. The third-order valence-electron chi connectivity index (χ3n) is 4.46. The first kappa shape index (κ1) is 20.9. The molecule has 0 saturated carbocycles. The van der Waals surface area contributed by atoms with Gasteiger partial charge < -0.3 is 9.47 Å². The molecule has 0 amide bonds. The fourth-order valence-corrected chi connectivity index (χ4v) is 2.46. The predicted molar refractivity (Wildman–Crippen MR) is 107 cm³/mol. The maximum Gasteiger partial charge on any atom is 0.312 e. The van der Waals surface area contributed by atoms with Gasteiger partial charge in [-0.2, -0.15) is 0 Å². The number of ether oxygens (including phenoxy) is 2. The van der Waals surface area contributed by atoms with E-state index in [1.807, 2.05) is 24.3 Å². The molecule has 0 spiro atoms. The minimum absolute atomic E-state index is 0.243. The van der Waals surface area contributed by atoms with Crippen molar-refractivity contribution in [1.29, 1.82) is 0 Å². The van der Waals surface area contributed by atoms with Crippen LogP contribution in [0.4, 0.5) is 0 Å². The Bertz CT molecular complexity index is 684. The van der Waals surface area contributed by atoms with Gasteiger partial charge in [0.2, 0.25) is 5.88 Å². The molecule has 1 aromatic heterocycles. The number of nitrogens with zero attached hydrogens (tertiary/aromatic N) is 2. The zero-order valence-corrected chi connectivity index (χ0v) is 16.6. The molecule has 1 heterocycles. The second-order valence-electron chi connectivity index (χ2n) is 6.87. The fraction of sp³-hybridized carbons (Fsp3) is 0.500.